The highest BCUT2D eigenvalue weighted by atomic mass is 16.5. The molecule has 0 bridgehead atoms. The normalized spacial score (nSPS) is 20.8. The van der Waals surface area contributed by atoms with E-state index in [4.69, 9.17) is 15.2 Å². The highest BCUT2D eigenvalue weighted by Gasteiger charge is 2.19. The van der Waals surface area contributed by atoms with Crippen LogP contribution in [0.25, 0.3) is 0 Å². The minimum absolute atomic E-state index is 0.0350. The molecule has 1 aromatic rings. The van der Waals surface area contributed by atoms with Crippen molar-refractivity contribution in [3.63, 3.8) is 0 Å². The van der Waals surface area contributed by atoms with Crippen LogP contribution in [0.4, 0.5) is 0 Å². The predicted molar refractivity (Wildman–Crippen MR) is 66.8 cm³/mol. The fourth-order valence-electron chi connectivity index (χ4n) is 1.87. The number of nitrogens with zero attached hydrogens (tertiary/aromatic N) is 1. The number of hydrogen-bond donors (Lipinski definition) is 1. The molecule has 4 nitrogen and oxygen atoms in total. The van der Waals surface area contributed by atoms with Crippen LogP contribution in [0.1, 0.15) is 25.0 Å². The first-order valence-electron chi connectivity index (χ1n) is 5.92. The fraction of sp³-hybridized carbons (Fsp3) is 0.462. The van der Waals surface area contributed by atoms with Gasteiger partial charge >= 0.3 is 0 Å². The molecular formula is C13H18N2O2. The largest absolute Gasteiger partial charge is 0.463 e. The first-order valence-corrected chi connectivity index (χ1v) is 5.92. The number of hydrogen-bond acceptors (Lipinski definition) is 4. The molecule has 2 rings (SSSR count). The van der Waals surface area contributed by atoms with Crippen molar-refractivity contribution >= 4 is 6.02 Å². The van der Waals surface area contributed by atoms with Gasteiger partial charge in [-0.15, -0.1) is 0 Å². The van der Waals surface area contributed by atoms with Gasteiger partial charge in [0, 0.05) is 0 Å². The first-order chi connectivity index (χ1) is 8.29. The number of rotatable bonds is 5. The van der Waals surface area contributed by atoms with E-state index in [-0.39, 0.29) is 18.2 Å². The van der Waals surface area contributed by atoms with E-state index in [9.17, 15) is 0 Å². The molecule has 0 aromatic heterocycles. The summed E-state index contributed by atoms with van der Waals surface area (Å²) in [4.78, 5) is 4.14. The van der Waals surface area contributed by atoms with Gasteiger partial charge in [0.1, 0.15) is 12.6 Å². The van der Waals surface area contributed by atoms with E-state index in [1.54, 1.807) is 0 Å². The molecule has 2 N–H and O–H groups in total. The van der Waals surface area contributed by atoms with Gasteiger partial charge in [0.05, 0.1) is 12.7 Å². The molecule has 0 radical (unpaired) electrons. The summed E-state index contributed by atoms with van der Waals surface area (Å²) in [6.07, 6.45) is 1.06. The third-order valence-electron chi connectivity index (χ3n) is 2.77. The van der Waals surface area contributed by atoms with Crippen molar-refractivity contribution in [1.82, 2.24) is 0 Å². The minimum Gasteiger partial charge on any atom is -0.463 e. The maximum atomic E-state index is 5.87. The van der Waals surface area contributed by atoms with Crippen molar-refractivity contribution in [3.05, 3.63) is 35.9 Å². The molecule has 1 heterocycles. The van der Waals surface area contributed by atoms with E-state index in [2.05, 4.69) is 24.0 Å². The Morgan fingerprint density at radius 1 is 1.47 bits per heavy atom. The van der Waals surface area contributed by atoms with Crippen LogP contribution in [0.2, 0.25) is 0 Å². The molecule has 0 spiro atoms. The quantitative estimate of drug-likeness (QED) is 0.846. The van der Waals surface area contributed by atoms with Crippen molar-refractivity contribution in [2.75, 3.05) is 13.2 Å². The minimum atomic E-state index is 0.0350. The third kappa shape index (κ3) is 3.20. The van der Waals surface area contributed by atoms with Crippen LogP contribution in [-0.2, 0) is 9.47 Å². The van der Waals surface area contributed by atoms with E-state index in [1.165, 1.54) is 5.56 Å². The summed E-state index contributed by atoms with van der Waals surface area (Å²) in [5, 5.41) is 0. The molecule has 0 saturated heterocycles. The SMILES string of the molecule is CCC(OC[C@H]1COC(N)=N1)c1ccccc1. The zero-order valence-corrected chi connectivity index (χ0v) is 10.0. The maximum absolute atomic E-state index is 5.87. The van der Waals surface area contributed by atoms with Gasteiger partial charge in [-0.3, -0.25) is 0 Å². The van der Waals surface area contributed by atoms with E-state index < -0.39 is 0 Å². The lowest BCUT2D eigenvalue weighted by atomic mass is 10.1. The van der Waals surface area contributed by atoms with Gasteiger partial charge in [0.2, 0.25) is 0 Å². The molecule has 17 heavy (non-hydrogen) atoms. The molecule has 4 heteroatoms. The summed E-state index contributed by atoms with van der Waals surface area (Å²) in [6, 6.07) is 10.5. The molecule has 0 fully saturated rings. The van der Waals surface area contributed by atoms with Gasteiger partial charge in [-0.05, 0) is 12.0 Å². The Kier molecular flexibility index (Phi) is 3.98. The molecule has 1 aromatic carbocycles. The van der Waals surface area contributed by atoms with E-state index in [1.807, 2.05) is 18.2 Å². The average molecular weight is 234 g/mol. The smallest absolute Gasteiger partial charge is 0.282 e. The second-order valence-corrected chi connectivity index (χ2v) is 4.07. The van der Waals surface area contributed by atoms with Crippen molar-refractivity contribution in [2.45, 2.75) is 25.5 Å². The van der Waals surface area contributed by atoms with Crippen molar-refractivity contribution in [2.24, 2.45) is 10.7 Å². The van der Waals surface area contributed by atoms with Gasteiger partial charge in [-0.25, -0.2) is 4.99 Å². The number of ether oxygens (including phenoxy) is 2. The second kappa shape index (κ2) is 5.68. The lowest BCUT2D eigenvalue weighted by molar-refractivity contribution is 0.0374. The summed E-state index contributed by atoms with van der Waals surface area (Å²) in [6.45, 7) is 3.19. The summed E-state index contributed by atoms with van der Waals surface area (Å²) in [5.41, 5.74) is 6.65. The number of benzene rings is 1. The van der Waals surface area contributed by atoms with Gasteiger partial charge in [-0.1, -0.05) is 37.3 Å². The Balaban J connectivity index is 1.88. The standard InChI is InChI=1S/C13H18N2O2/c1-2-12(10-6-4-3-5-7-10)16-8-11-9-17-13(14)15-11/h3-7,11-12H,2,8-9H2,1H3,(H2,14,15)/t11-,12?/m0/s1. The Morgan fingerprint density at radius 2 is 2.24 bits per heavy atom. The molecule has 2 atom stereocenters. The molecule has 0 aliphatic carbocycles. The van der Waals surface area contributed by atoms with Crippen LogP contribution < -0.4 is 5.73 Å². The Bertz CT molecular complexity index is 378. The lowest BCUT2D eigenvalue weighted by Crippen LogP contribution is -2.17. The van der Waals surface area contributed by atoms with E-state index >= 15 is 0 Å². The Morgan fingerprint density at radius 3 is 2.82 bits per heavy atom. The van der Waals surface area contributed by atoms with Crippen LogP contribution in [0.15, 0.2) is 35.3 Å². The molecule has 0 amide bonds. The molecular weight excluding hydrogens is 216 g/mol. The molecule has 0 saturated carbocycles. The van der Waals surface area contributed by atoms with Crippen LogP contribution in [-0.4, -0.2) is 25.3 Å². The van der Waals surface area contributed by atoms with Gasteiger partial charge < -0.3 is 15.2 Å². The Labute approximate surface area is 101 Å². The second-order valence-electron chi connectivity index (χ2n) is 4.07. The van der Waals surface area contributed by atoms with Crippen molar-refractivity contribution < 1.29 is 9.47 Å². The molecule has 92 valence electrons. The summed E-state index contributed by atoms with van der Waals surface area (Å²) in [5.74, 6) is 0. The zero-order valence-electron chi connectivity index (χ0n) is 10.0. The van der Waals surface area contributed by atoms with Crippen LogP contribution >= 0.6 is 0 Å². The molecule has 1 aliphatic rings. The third-order valence-corrected chi connectivity index (χ3v) is 2.77. The van der Waals surface area contributed by atoms with Crippen LogP contribution in [0, 0.1) is 0 Å². The molecule has 1 unspecified atom stereocenters. The number of nitrogens with two attached hydrogens (primary N) is 1. The van der Waals surface area contributed by atoms with Gasteiger partial charge in [-0.2, -0.15) is 0 Å². The van der Waals surface area contributed by atoms with Gasteiger partial charge in [0.25, 0.3) is 6.02 Å². The maximum Gasteiger partial charge on any atom is 0.282 e. The lowest BCUT2D eigenvalue weighted by Gasteiger charge is -2.17. The highest BCUT2D eigenvalue weighted by molar-refractivity contribution is 5.73. The van der Waals surface area contributed by atoms with Crippen molar-refractivity contribution in [3.8, 4) is 0 Å². The van der Waals surface area contributed by atoms with E-state index in [0.29, 0.717) is 13.2 Å². The summed E-state index contributed by atoms with van der Waals surface area (Å²) in [7, 11) is 0. The predicted octanol–water partition coefficient (Wildman–Crippen LogP) is 1.87. The average Bonchev–Trinajstić information content (AvgIpc) is 2.77. The fourth-order valence-corrected chi connectivity index (χ4v) is 1.87. The van der Waals surface area contributed by atoms with Crippen molar-refractivity contribution in [1.29, 1.82) is 0 Å². The monoisotopic (exact) mass is 234 g/mol. The zero-order chi connectivity index (χ0) is 12.1. The summed E-state index contributed by atoms with van der Waals surface area (Å²) >= 11 is 0. The number of aliphatic imine (C=N–C) groups is 1. The highest BCUT2D eigenvalue weighted by Crippen LogP contribution is 2.21. The number of amidine groups is 1. The summed E-state index contributed by atoms with van der Waals surface area (Å²) < 4.78 is 11.0. The molecule has 1 aliphatic heterocycles. The van der Waals surface area contributed by atoms with Crippen LogP contribution in [0.3, 0.4) is 0 Å². The van der Waals surface area contributed by atoms with E-state index in [0.717, 1.165) is 6.42 Å². The first kappa shape index (κ1) is 11.9. The van der Waals surface area contributed by atoms with Gasteiger partial charge in [0.15, 0.2) is 0 Å². The topological polar surface area (TPSA) is 56.8 Å². The Hall–Kier alpha value is -1.55. The van der Waals surface area contributed by atoms with Crippen LogP contribution in [0.5, 0.6) is 0 Å².